The Labute approximate surface area is 354 Å². The van der Waals surface area contributed by atoms with Gasteiger partial charge in [-0.1, -0.05) is 66.4 Å². The minimum Gasteiger partial charge on any atom is -0.481 e. The summed E-state index contributed by atoms with van der Waals surface area (Å²) in [5.41, 5.74) is 4.28. The van der Waals surface area contributed by atoms with Gasteiger partial charge in [0.25, 0.3) is 5.91 Å². The summed E-state index contributed by atoms with van der Waals surface area (Å²) < 4.78 is 20.2. The number of aliphatic carboxylic acids is 1. The Hall–Kier alpha value is -4.11. The van der Waals surface area contributed by atoms with Gasteiger partial charge in [0, 0.05) is 37.4 Å². The predicted octanol–water partition coefficient (Wildman–Crippen LogP) is 7.15. The number of nitrogens with zero attached hydrogens (tertiary/aromatic N) is 3. The van der Waals surface area contributed by atoms with Crippen molar-refractivity contribution in [2.45, 2.75) is 156 Å². The first kappa shape index (κ1) is 49.3. The number of carboxylic acid groups (broad SMARTS) is 1. The number of amides is 3. The Balaban J connectivity index is 1.96. The first-order valence-corrected chi connectivity index (χ1v) is 22.1. The van der Waals surface area contributed by atoms with Crippen LogP contribution in [0.1, 0.15) is 147 Å². The smallest absolute Gasteiger partial charge is 0.309 e. The number of hydrogen-bond acceptors (Lipinski definition) is 10. The van der Waals surface area contributed by atoms with E-state index in [1.165, 1.54) is 19.1 Å². The second-order valence-corrected chi connectivity index (χ2v) is 18.5. The number of likely N-dealkylation sites (N-methyl/N-ethyl adjacent to an activating group) is 1. The lowest BCUT2D eigenvalue weighted by molar-refractivity contribution is -0.150. The number of nitrogens with one attached hydrogen (secondary N) is 2. The van der Waals surface area contributed by atoms with Gasteiger partial charge in [-0.2, -0.15) is 0 Å². The van der Waals surface area contributed by atoms with Crippen molar-refractivity contribution >= 4 is 46.7 Å². The number of unbranched alkanes of at least 4 members (excludes halogenated alkanes) is 3. The van der Waals surface area contributed by atoms with E-state index in [0.717, 1.165) is 50.0 Å². The topological polar surface area (TPSA) is 184 Å². The molecule has 0 bridgehead atoms. The first-order chi connectivity index (χ1) is 27.6. The largest absolute Gasteiger partial charge is 0.481 e. The number of likely N-dealkylation sites (tertiary alicyclic amines) is 1. The van der Waals surface area contributed by atoms with E-state index in [9.17, 15) is 33.5 Å². The quantitative estimate of drug-likeness (QED) is 0.0509. The second-order valence-electron chi connectivity index (χ2n) is 17.6. The van der Waals surface area contributed by atoms with Gasteiger partial charge in [-0.05, 0) is 96.0 Å². The molecule has 1 aromatic carbocycles. The fourth-order valence-corrected chi connectivity index (χ4v) is 8.57. The van der Waals surface area contributed by atoms with Crippen molar-refractivity contribution in [1.29, 1.82) is 0 Å². The summed E-state index contributed by atoms with van der Waals surface area (Å²) in [4.78, 5) is 75.8. The molecule has 3 rings (SSSR count). The van der Waals surface area contributed by atoms with E-state index in [1.54, 1.807) is 25.3 Å². The zero-order valence-electron chi connectivity index (χ0n) is 36.9. The maximum Gasteiger partial charge on any atom is 0.309 e. The number of ether oxygens (including phenoxy) is 1. The van der Waals surface area contributed by atoms with Crippen LogP contribution >= 0.6 is 11.3 Å². The Bertz CT molecular complexity index is 1750. The van der Waals surface area contributed by atoms with Gasteiger partial charge in [0.05, 0.1) is 16.6 Å². The lowest BCUT2D eigenvalue weighted by atomic mass is 9.84. The highest BCUT2D eigenvalue weighted by molar-refractivity contribution is 7.09. The molecule has 1 saturated heterocycles. The number of halogens is 1. The van der Waals surface area contributed by atoms with Crippen molar-refractivity contribution in [2.75, 3.05) is 25.9 Å². The molecule has 1 fully saturated rings. The summed E-state index contributed by atoms with van der Waals surface area (Å²) in [6, 6.07) is 2.42. The summed E-state index contributed by atoms with van der Waals surface area (Å²) in [6.45, 7) is 17.7. The fourth-order valence-electron chi connectivity index (χ4n) is 7.73. The van der Waals surface area contributed by atoms with Gasteiger partial charge in [-0.15, -0.1) is 11.3 Å². The molecule has 5 N–H and O–H groups in total. The summed E-state index contributed by atoms with van der Waals surface area (Å²) in [7, 11) is 1.94. The van der Waals surface area contributed by atoms with Crippen LogP contribution < -0.4 is 16.4 Å². The third-order valence-electron chi connectivity index (χ3n) is 12.0. The van der Waals surface area contributed by atoms with Gasteiger partial charge in [-0.3, -0.25) is 28.9 Å². The van der Waals surface area contributed by atoms with E-state index in [4.69, 9.17) is 10.5 Å². The minimum absolute atomic E-state index is 0.0231. The van der Waals surface area contributed by atoms with E-state index in [-0.39, 0.29) is 54.3 Å². The number of aromatic nitrogens is 1. The fraction of sp³-hybridized carbons (Fsp3) is 0.682. The number of nitrogens with two attached hydrogens (primary N) is 1. The van der Waals surface area contributed by atoms with Gasteiger partial charge in [0.1, 0.15) is 22.6 Å². The van der Waals surface area contributed by atoms with E-state index < -0.39 is 58.8 Å². The van der Waals surface area contributed by atoms with Gasteiger partial charge >= 0.3 is 11.9 Å². The number of carbonyl (C=O) groups excluding carboxylic acids is 4. The van der Waals surface area contributed by atoms with Crippen molar-refractivity contribution in [3.63, 3.8) is 0 Å². The molecule has 59 heavy (non-hydrogen) atoms. The molecule has 0 spiro atoms. The molecule has 15 heteroatoms. The average molecular weight is 845 g/mol. The maximum absolute atomic E-state index is 14.9. The normalized spacial score (nSPS) is 18.4. The molecule has 0 saturated carbocycles. The van der Waals surface area contributed by atoms with E-state index in [1.807, 2.05) is 51.5 Å². The van der Waals surface area contributed by atoms with Crippen LogP contribution in [0.5, 0.6) is 0 Å². The number of benzene rings is 1. The highest BCUT2D eigenvalue weighted by Gasteiger charge is 2.44. The molecule has 2 heterocycles. The highest BCUT2D eigenvalue weighted by Crippen LogP contribution is 2.33. The van der Waals surface area contributed by atoms with Crippen LogP contribution in [0.2, 0.25) is 0 Å². The van der Waals surface area contributed by atoms with E-state index >= 15 is 0 Å². The zero-order chi connectivity index (χ0) is 44.2. The molecular formula is C44H69FN6O7S. The average Bonchev–Trinajstić information content (AvgIpc) is 3.80. The number of anilines is 1. The van der Waals surface area contributed by atoms with Gasteiger partial charge in [-0.25, -0.2) is 9.37 Å². The molecule has 0 aliphatic carbocycles. The molecule has 0 radical (unpaired) electrons. The summed E-state index contributed by atoms with van der Waals surface area (Å²) in [5.74, 6) is -3.36. The number of carbonyl (C=O) groups is 5. The Kier molecular flexibility index (Phi) is 18.3. The molecule has 13 nitrogen and oxygen atoms in total. The van der Waals surface area contributed by atoms with Gasteiger partial charge in [0.2, 0.25) is 11.8 Å². The number of rotatable bonds is 23. The third kappa shape index (κ3) is 13.4. The molecule has 1 aliphatic heterocycles. The van der Waals surface area contributed by atoms with Crippen molar-refractivity contribution in [3.05, 3.63) is 45.7 Å². The highest BCUT2D eigenvalue weighted by atomic mass is 32.1. The third-order valence-corrected chi connectivity index (χ3v) is 12.9. The van der Waals surface area contributed by atoms with Crippen LogP contribution in [0.4, 0.5) is 10.1 Å². The zero-order valence-corrected chi connectivity index (χ0v) is 37.7. The Morgan fingerprint density at radius 3 is 2.37 bits per heavy atom. The number of carboxylic acids is 1. The summed E-state index contributed by atoms with van der Waals surface area (Å²) in [5, 5.41) is 17.9. The molecule has 1 aliphatic rings. The van der Waals surface area contributed by atoms with Crippen molar-refractivity contribution in [2.24, 2.45) is 17.3 Å². The van der Waals surface area contributed by atoms with Crippen LogP contribution in [-0.4, -0.2) is 93.4 Å². The first-order valence-electron chi connectivity index (χ1n) is 21.2. The van der Waals surface area contributed by atoms with Crippen LogP contribution in [0.15, 0.2) is 23.6 Å². The minimum atomic E-state index is -1.22. The van der Waals surface area contributed by atoms with Crippen LogP contribution in [0.3, 0.4) is 0 Å². The van der Waals surface area contributed by atoms with Crippen molar-refractivity contribution < 1.29 is 38.2 Å². The Morgan fingerprint density at radius 1 is 1.12 bits per heavy atom. The standard InChI is InChI=1S/C44H69FN6O7S/c1-11-13-14-15-21-51(40(54)37(28(5)12-2)49-41(55)44(9)19-16-20-50(44)10)35(27(3)4)24-36(58-29(6)52)39-48-34(26-59-39)38(53)47-31(25-43(7,8)42(56)57)22-30-17-18-33(46)32(45)23-30/h17-18,23,26-28,31,35-37H,11-16,19-22,24-25,46H2,1-10H3,(H,47,53)(H,49,55)(H,56,57)/t28-,31-,35+,36+,37-,44+/m0/s1. The summed E-state index contributed by atoms with van der Waals surface area (Å²) >= 11 is 1.14. The van der Waals surface area contributed by atoms with Crippen LogP contribution in [-0.2, 0) is 30.3 Å². The molecular weight excluding hydrogens is 776 g/mol. The second kappa shape index (κ2) is 21.9. The molecule has 3 amide bonds. The molecule has 0 unspecified atom stereocenters. The Morgan fingerprint density at radius 2 is 1.81 bits per heavy atom. The molecule has 2 aromatic rings. The number of thiazole rings is 1. The lowest BCUT2D eigenvalue weighted by Gasteiger charge is -2.40. The number of nitrogen functional groups attached to an aromatic ring is 1. The summed E-state index contributed by atoms with van der Waals surface area (Å²) in [6.07, 6.45) is 5.45. The van der Waals surface area contributed by atoms with Crippen LogP contribution in [0.25, 0.3) is 0 Å². The maximum atomic E-state index is 14.9. The van der Waals surface area contributed by atoms with Gasteiger partial charge in [0.15, 0.2) is 6.10 Å². The van der Waals surface area contributed by atoms with Crippen molar-refractivity contribution in [3.8, 4) is 0 Å². The van der Waals surface area contributed by atoms with Crippen LogP contribution in [0, 0.1) is 23.1 Å². The van der Waals surface area contributed by atoms with E-state index in [2.05, 4.69) is 22.5 Å². The van der Waals surface area contributed by atoms with E-state index in [0.29, 0.717) is 30.0 Å². The monoisotopic (exact) mass is 844 g/mol. The molecule has 330 valence electrons. The van der Waals surface area contributed by atoms with Crippen molar-refractivity contribution in [1.82, 2.24) is 25.4 Å². The molecule has 1 aromatic heterocycles. The SMILES string of the molecule is CCCCCCN(C(=O)[C@@H](NC(=O)[C@@]1(C)CCCN1C)[C@@H](C)CC)[C@H](C[C@@H](OC(C)=O)c1nc(C(=O)N[C@@H](Cc2ccc(N)c(F)c2)CC(C)(C)C(=O)O)cs1)C(C)C. The number of esters is 1. The lowest BCUT2D eigenvalue weighted by Crippen LogP contribution is -2.60. The predicted molar refractivity (Wildman–Crippen MR) is 229 cm³/mol. The van der Waals surface area contributed by atoms with Gasteiger partial charge < -0.3 is 31.1 Å². The molecule has 6 atom stereocenters. The number of hydrogen-bond donors (Lipinski definition) is 4.